The molecular formula is C36H41Cl2N3O7S. The fourth-order valence-electron chi connectivity index (χ4n) is 7.06. The molecule has 2 aromatic rings. The molecule has 2 aliphatic heterocycles. The van der Waals surface area contributed by atoms with E-state index in [0.29, 0.717) is 55.7 Å². The van der Waals surface area contributed by atoms with Crippen molar-refractivity contribution >= 4 is 63.3 Å². The third-order valence-corrected chi connectivity index (χ3v) is 11.5. The predicted octanol–water partition coefficient (Wildman–Crippen LogP) is 5.38. The summed E-state index contributed by atoms with van der Waals surface area (Å²) in [6.45, 7) is 2.39. The van der Waals surface area contributed by atoms with Crippen LogP contribution in [0.15, 0.2) is 69.7 Å². The van der Waals surface area contributed by atoms with Crippen molar-refractivity contribution in [1.82, 2.24) is 9.80 Å². The quantitative estimate of drug-likeness (QED) is 0.316. The lowest BCUT2D eigenvalue weighted by Gasteiger charge is -2.40. The second-order valence-electron chi connectivity index (χ2n) is 12.4. The third kappa shape index (κ3) is 8.68. The highest BCUT2D eigenvalue weighted by molar-refractivity contribution is 7.85. The Balaban J connectivity index is 1.49. The average molecular weight is 731 g/mol. The lowest BCUT2D eigenvalue weighted by molar-refractivity contribution is -0.143. The number of Topliss-reactive ketones (excluding diaryl/α,β-unsaturated/α-hetero) is 1. The third-order valence-electron chi connectivity index (χ3n) is 9.54. The van der Waals surface area contributed by atoms with Gasteiger partial charge in [-0.1, -0.05) is 47.5 Å². The number of amides is 1. The molecule has 5 rings (SSSR count). The number of piperazine rings is 1. The maximum absolute atomic E-state index is 14.0. The van der Waals surface area contributed by atoms with Crippen molar-refractivity contribution in [3.63, 3.8) is 0 Å². The van der Waals surface area contributed by atoms with Gasteiger partial charge in [-0.25, -0.2) is 4.79 Å². The van der Waals surface area contributed by atoms with Crippen molar-refractivity contribution in [1.29, 1.82) is 0 Å². The number of rotatable bonds is 9. The maximum atomic E-state index is 14.0. The highest BCUT2D eigenvalue weighted by Crippen LogP contribution is 2.46. The van der Waals surface area contributed by atoms with Crippen molar-refractivity contribution in [2.45, 2.75) is 61.8 Å². The largest absolute Gasteiger partial charge is 0.468 e. The summed E-state index contributed by atoms with van der Waals surface area (Å²) in [5.74, 6) is -3.98. The van der Waals surface area contributed by atoms with Crippen molar-refractivity contribution < 1.29 is 32.9 Å². The summed E-state index contributed by atoms with van der Waals surface area (Å²) in [5.41, 5.74) is 0.533. The molecule has 13 heteroatoms. The second kappa shape index (κ2) is 17.0. The smallest absolute Gasteiger partial charge is 0.336 e. The van der Waals surface area contributed by atoms with Crippen LogP contribution in [0.4, 0.5) is 0 Å². The molecule has 262 valence electrons. The van der Waals surface area contributed by atoms with Crippen molar-refractivity contribution in [2.75, 3.05) is 46.2 Å². The van der Waals surface area contributed by atoms with Crippen LogP contribution in [-0.2, 0) is 39.5 Å². The number of benzene rings is 2. The van der Waals surface area contributed by atoms with Crippen LogP contribution in [0.5, 0.6) is 0 Å². The molecule has 0 aromatic heterocycles. The van der Waals surface area contributed by atoms with Crippen LogP contribution >= 0.6 is 23.2 Å². The Morgan fingerprint density at radius 3 is 2.12 bits per heavy atom. The van der Waals surface area contributed by atoms with Gasteiger partial charge in [0.05, 0.1) is 48.5 Å². The van der Waals surface area contributed by atoms with E-state index >= 15 is 0 Å². The minimum atomic E-state index is -1.64. The number of methoxy groups -OCH3 is 2. The molecule has 0 N–H and O–H groups in total. The summed E-state index contributed by atoms with van der Waals surface area (Å²) >= 11 is 13.4. The number of halogens is 2. The molecule has 3 unspecified atom stereocenters. The van der Waals surface area contributed by atoms with Crippen LogP contribution < -0.4 is 0 Å². The Kier molecular flexibility index (Phi) is 12.8. The van der Waals surface area contributed by atoms with Gasteiger partial charge in [-0.15, -0.1) is 0 Å². The van der Waals surface area contributed by atoms with E-state index in [4.69, 9.17) is 37.7 Å². The highest BCUT2D eigenvalue weighted by atomic mass is 35.5. The summed E-state index contributed by atoms with van der Waals surface area (Å²) in [6, 6.07) is 14.0. The lowest BCUT2D eigenvalue weighted by atomic mass is 9.74. The van der Waals surface area contributed by atoms with Crippen LogP contribution in [0, 0.1) is 5.92 Å². The first-order valence-electron chi connectivity index (χ1n) is 16.5. The minimum Gasteiger partial charge on any atom is -0.468 e. The Hall–Kier alpha value is -3.38. The van der Waals surface area contributed by atoms with Crippen molar-refractivity contribution in [3.8, 4) is 0 Å². The average Bonchev–Trinajstić information content (AvgIpc) is 3.09. The number of hydrogen-bond acceptors (Lipinski definition) is 9. The van der Waals surface area contributed by atoms with Gasteiger partial charge in [0.1, 0.15) is 11.7 Å². The number of nitrogens with zero attached hydrogens (tertiary/aromatic N) is 3. The number of ether oxygens (including phenoxy) is 2. The number of esters is 2. The SMILES string of the molecule is COC(=O)C1=C(CS(=O)c2ccccc2)N=C(CC(=O)N2CCN(C3CCCC(=O)CCC3)CC2)C(C(=O)OC)C1c1c(Cl)cccc1Cl. The minimum absolute atomic E-state index is 0.0251. The first-order chi connectivity index (χ1) is 23.6. The zero-order valence-electron chi connectivity index (χ0n) is 27.7. The fourth-order valence-corrected chi connectivity index (χ4v) is 8.79. The summed E-state index contributed by atoms with van der Waals surface area (Å²) in [6.07, 6.45) is 4.72. The zero-order valence-corrected chi connectivity index (χ0v) is 30.0. The topological polar surface area (TPSA) is 123 Å². The van der Waals surface area contributed by atoms with Gasteiger partial charge in [-0.2, -0.15) is 0 Å². The van der Waals surface area contributed by atoms with E-state index in [1.54, 1.807) is 53.4 Å². The number of carbonyl (C=O) groups excluding carboxylic acids is 4. The molecule has 1 saturated carbocycles. The number of ketones is 1. The lowest BCUT2D eigenvalue weighted by Crippen LogP contribution is -2.52. The van der Waals surface area contributed by atoms with Crippen molar-refractivity contribution in [2.24, 2.45) is 10.9 Å². The molecule has 2 heterocycles. The van der Waals surface area contributed by atoms with Gasteiger partial charge in [-0.3, -0.25) is 28.5 Å². The summed E-state index contributed by atoms with van der Waals surface area (Å²) in [7, 11) is 0.784. The van der Waals surface area contributed by atoms with E-state index in [0.717, 1.165) is 25.7 Å². The zero-order chi connectivity index (χ0) is 35.1. The molecule has 3 atom stereocenters. The van der Waals surface area contributed by atoms with E-state index in [2.05, 4.69) is 4.90 Å². The maximum Gasteiger partial charge on any atom is 0.336 e. The Bertz CT molecular complexity index is 1620. The Morgan fingerprint density at radius 2 is 1.53 bits per heavy atom. The first kappa shape index (κ1) is 36.9. The van der Waals surface area contributed by atoms with Gasteiger partial charge in [0.25, 0.3) is 0 Å². The van der Waals surface area contributed by atoms with Gasteiger partial charge in [0.2, 0.25) is 5.91 Å². The van der Waals surface area contributed by atoms with Gasteiger partial charge in [0.15, 0.2) is 0 Å². The molecule has 1 saturated heterocycles. The molecule has 10 nitrogen and oxygen atoms in total. The molecule has 0 bridgehead atoms. The van der Waals surface area contributed by atoms with E-state index in [1.807, 2.05) is 0 Å². The van der Waals surface area contributed by atoms with E-state index < -0.39 is 34.6 Å². The van der Waals surface area contributed by atoms with Crippen molar-refractivity contribution in [3.05, 3.63) is 75.4 Å². The highest BCUT2D eigenvalue weighted by Gasteiger charge is 2.46. The van der Waals surface area contributed by atoms with Gasteiger partial charge >= 0.3 is 11.9 Å². The fraction of sp³-hybridized carbons (Fsp3) is 0.472. The summed E-state index contributed by atoms with van der Waals surface area (Å²) in [5, 5.41) is 0.386. The molecule has 49 heavy (non-hydrogen) atoms. The summed E-state index contributed by atoms with van der Waals surface area (Å²) in [4.78, 5) is 62.5. The van der Waals surface area contributed by atoms with Gasteiger partial charge in [-0.05, 0) is 55.5 Å². The molecule has 2 fully saturated rings. The van der Waals surface area contributed by atoms with Crippen LogP contribution in [0.1, 0.15) is 56.4 Å². The normalized spacial score (nSPS) is 21.8. The Labute approximate surface area is 299 Å². The van der Waals surface area contributed by atoms with Crippen LogP contribution in [-0.4, -0.2) is 95.5 Å². The number of aliphatic imine (C=N–C) groups is 1. The number of carbonyl (C=O) groups is 4. The molecule has 1 aliphatic carbocycles. The van der Waals surface area contributed by atoms with Crippen LogP contribution in [0.25, 0.3) is 0 Å². The molecule has 0 spiro atoms. The summed E-state index contributed by atoms with van der Waals surface area (Å²) < 4.78 is 24.1. The second-order valence-corrected chi connectivity index (χ2v) is 14.7. The van der Waals surface area contributed by atoms with E-state index in [1.165, 1.54) is 14.2 Å². The first-order valence-corrected chi connectivity index (χ1v) is 18.6. The predicted molar refractivity (Wildman–Crippen MR) is 188 cm³/mol. The monoisotopic (exact) mass is 729 g/mol. The molecule has 3 aliphatic rings. The molecule has 0 radical (unpaired) electrons. The molecule has 2 aromatic carbocycles. The van der Waals surface area contributed by atoms with E-state index in [-0.39, 0.29) is 50.7 Å². The Morgan fingerprint density at radius 1 is 0.898 bits per heavy atom. The van der Waals surface area contributed by atoms with Crippen LogP contribution in [0.2, 0.25) is 10.0 Å². The van der Waals surface area contributed by atoms with Gasteiger partial charge < -0.3 is 14.4 Å². The molecule has 1 amide bonds. The molecular weight excluding hydrogens is 689 g/mol. The standard InChI is InChI=1S/C36H41Cl2N3O7S/c1-47-35(44)32-28(21-30(43)41-19-17-40(18-20-41)23-9-6-11-24(42)12-7-10-23)39-29(22-49(46)25-13-4-3-5-14-25)33(36(45)48-2)34(32)31-26(37)15-8-16-27(31)38/h3-5,8,13-16,23,32,34H,6-7,9-12,17-22H2,1-2H3. The van der Waals surface area contributed by atoms with E-state index in [9.17, 15) is 23.4 Å². The van der Waals surface area contributed by atoms with Gasteiger partial charge in [0, 0.05) is 71.6 Å². The number of hydrogen-bond donors (Lipinski definition) is 0. The van der Waals surface area contributed by atoms with Crippen LogP contribution in [0.3, 0.4) is 0 Å².